The van der Waals surface area contributed by atoms with Crippen molar-refractivity contribution in [2.75, 3.05) is 0 Å². The standard InChI is InChI=1S/C14H21N3O/c1-4-13(9-17-6-5-15-10-17)16-8-14-7-11(2)12(3)18-14/h5-7,10,13,16H,4,8-9H2,1-3H3. The molecular weight excluding hydrogens is 226 g/mol. The zero-order valence-electron chi connectivity index (χ0n) is 11.3. The lowest BCUT2D eigenvalue weighted by Crippen LogP contribution is -2.31. The smallest absolute Gasteiger partial charge is 0.118 e. The molecule has 98 valence electrons. The van der Waals surface area contributed by atoms with E-state index >= 15 is 0 Å². The first-order chi connectivity index (χ1) is 8.69. The molecule has 0 aliphatic heterocycles. The number of aryl methyl sites for hydroxylation is 2. The number of nitrogens with zero attached hydrogens (tertiary/aromatic N) is 2. The van der Waals surface area contributed by atoms with Gasteiger partial charge >= 0.3 is 0 Å². The molecule has 4 nitrogen and oxygen atoms in total. The molecule has 2 aromatic rings. The molecule has 0 aliphatic rings. The van der Waals surface area contributed by atoms with Crippen LogP contribution in [0.4, 0.5) is 0 Å². The van der Waals surface area contributed by atoms with Crippen LogP contribution in [-0.2, 0) is 13.1 Å². The fourth-order valence-corrected chi connectivity index (χ4v) is 1.97. The summed E-state index contributed by atoms with van der Waals surface area (Å²) in [6.45, 7) is 7.98. The summed E-state index contributed by atoms with van der Waals surface area (Å²) >= 11 is 0. The number of nitrogens with one attached hydrogen (secondary N) is 1. The van der Waals surface area contributed by atoms with Crippen LogP contribution in [0.2, 0.25) is 0 Å². The van der Waals surface area contributed by atoms with Gasteiger partial charge in [0.05, 0.1) is 12.9 Å². The van der Waals surface area contributed by atoms with Crippen LogP contribution in [0.15, 0.2) is 29.2 Å². The van der Waals surface area contributed by atoms with Crippen molar-refractivity contribution in [2.24, 2.45) is 0 Å². The molecule has 1 atom stereocenters. The van der Waals surface area contributed by atoms with E-state index in [0.717, 1.165) is 31.0 Å². The molecule has 0 saturated carbocycles. The summed E-state index contributed by atoms with van der Waals surface area (Å²) in [5.41, 5.74) is 1.22. The normalized spacial score (nSPS) is 12.8. The van der Waals surface area contributed by atoms with E-state index in [-0.39, 0.29) is 0 Å². The molecule has 0 radical (unpaired) electrons. The van der Waals surface area contributed by atoms with Gasteiger partial charge in [-0.2, -0.15) is 0 Å². The highest BCUT2D eigenvalue weighted by Crippen LogP contribution is 2.13. The highest BCUT2D eigenvalue weighted by molar-refractivity contribution is 5.18. The van der Waals surface area contributed by atoms with Crippen molar-refractivity contribution in [3.05, 3.63) is 41.9 Å². The first-order valence-corrected chi connectivity index (χ1v) is 6.44. The van der Waals surface area contributed by atoms with Gasteiger partial charge in [-0.3, -0.25) is 0 Å². The van der Waals surface area contributed by atoms with E-state index in [1.54, 1.807) is 0 Å². The second-order valence-corrected chi connectivity index (χ2v) is 4.70. The molecule has 1 unspecified atom stereocenters. The Morgan fingerprint density at radius 1 is 1.44 bits per heavy atom. The fraction of sp³-hybridized carbons (Fsp3) is 0.500. The first-order valence-electron chi connectivity index (χ1n) is 6.44. The SMILES string of the molecule is CCC(Cn1ccnc1)NCc1cc(C)c(C)o1. The molecule has 2 heterocycles. The Morgan fingerprint density at radius 3 is 2.83 bits per heavy atom. The molecule has 0 spiro atoms. The van der Waals surface area contributed by atoms with E-state index in [1.807, 2.05) is 25.6 Å². The van der Waals surface area contributed by atoms with Crippen molar-refractivity contribution in [1.82, 2.24) is 14.9 Å². The van der Waals surface area contributed by atoms with Crippen LogP contribution >= 0.6 is 0 Å². The third-order valence-corrected chi connectivity index (χ3v) is 3.27. The lowest BCUT2D eigenvalue weighted by molar-refractivity contribution is 0.396. The molecule has 18 heavy (non-hydrogen) atoms. The average molecular weight is 247 g/mol. The van der Waals surface area contributed by atoms with Gasteiger partial charge in [-0.05, 0) is 31.9 Å². The van der Waals surface area contributed by atoms with Gasteiger partial charge in [0.15, 0.2) is 0 Å². The maximum absolute atomic E-state index is 5.66. The van der Waals surface area contributed by atoms with E-state index in [0.29, 0.717) is 6.04 Å². The second-order valence-electron chi connectivity index (χ2n) is 4.70. The molecule has 0 bridgehead atoms. The molecule has 4 heteroatoms. The minimum absolute atomic E-state index is 0.435. The Morgan fingerprint density at radius 2 is 2.28 bits per heavy atom. The van der Waals surface area contributed by atoms with Crippen molar-refractivity contribution in [3.8, 4) is 0 Å². The summed E-state index contributed by atoms with van der Waals surface area (Å²) < 4.78 is 7.76. The Balaban J connectivity index is 1.87. The van der Waals surface area contributed by atoms with Gasteiger partial charge in [-0.25, -0.2) is 4.98 Å². The van der Waals surface area contributed by atoms with Gasteiger partial charge in [0, 0.05) is 25.0 Å². The van der Waals surface area contributed by atoms with Crippen molar-refractivity contribution in [3.63, 3.8) is 0 Å². The van der Waals surface area contributed by atoms with Crippen molar-refractivity contribution >= 4 is 0 Å². The van der Waals surface area contributed by atoms with E-state index in [9.17, 15) is 0 Å². The van der Waals surface area contributed by atoms with E-state index < -0.39 is 0 Å². The topological polar surface area (TPSA) is 43.0 Å². The first kappa shape index (κ1) is 12.9. The van der Waals surface area contributed by atoms with Crippen molar-refractivity contribution in [1.29, 1.82) is 0 Å². The quantitative estimate of drug-likeness (QED) is 0.853. The Bertz CT molecular complexity index is 454. The van der Waals surface area contributed by atoms with Gasteiger partial charge in [0.1, 0.15) is 11.5 Å². The number of hydrogen-bond acceptors (Lipinski definition) is 3. The number of aromatic nitrogens is 2. The predicted molar refractivity (Wildman–Crippen MR) is 71.3 cm³/mol. The molecule has 0 amide bonds. The Labute approximate surface area is 108 Å². The minimum atomic E-state index is 0.435. The van der Waals surface area contributed by atoms with Gasteiger partial charge in [-0.15, -0.1) is 0 Å². The zero-order valence-corrected chi connectivity index (χ0v) is 11.3. The highest BCUT2D eigenvalue weighted by atomic mass is 16.3. The van der Waals surface area contributed by atoms with Crippen molar-refractivity contribution in [2.45, 2.75) is 46.3 Å². The van der Waals surface area contributed by atoms with E-state index in [1.165, 1.54) is 5.56 Å². The monoisotopic (exact) mass is 247 g/mol. The Hall–Kier alpha value is -1.55. The highest BCUT2D eigenvalue weighted by Gasteiger charge is 2.09. The minimum Gasteiger partial charge on any atom is -0.465 e. The summed E-state index contributed by atoms with van der Waals surface area (Å²) in [5.74, 6) is 2.02. The molecular formula is C14H21N3O. The van der Waals surface area contributed by atoms with Crippen LogP contribution in [0.3, 0.4) is 0 Å². The van der Waals surface area contributed by atoms with Crippen LogP contribution in [0.25, 0.3) is 0 Å². The average Bonchev–Trinajstić information content (AvgIpc) is 2.96. The maximum atomic E-state index is 5.66. The Kier molecular flexibility index (Phi) is 4.20. The summed E-state index contributed by atoms with van der Waals surface area (Å²) in [5, 5.41) is 3.52. The number of rotatable bonds is 6. The van der Waals surface area contributed by atoms with E-state index in [2.05, 4.69) is 34.8 Å². The van der Waals surface area contributed by atoms with Crippen LogP contribution in [0.1, 0.15) is 30.4 Å². The number of imidazole rings is 1. The molecule has 0 fully saturated rings. The van der Waals surface area contributed by atoms with Crippen LogP contribution in [0, 0.1) is 13.8 Å². The molecule has 0 aliphatic carbocycles. The largest absolute Gasteiger partial charge is 0.465 e. The molecule has 1 N–H and O–H groups in total. The molecule has 0 aromatic carbocycles. The third kappa shape index (κ3) is 3.23. The lowest BCUT2D eigenvalue weighted by atomic mass is 10.2. The van der Waals surface area contributed by atoms with Gasteiger partial charge < -0.3 is 14.3 Å². The molecule has 2 rings (SSSR count). The maximum Gasteiger partial charge on any atom is 0.118 e. The van der Waals surface area contributed by atoms with Gasteiger partial charge in [0.25, 0.3) is 0 Å². The van der Waals surface area contributed by atoms with Crippen molar-refractivity contribution < 1.29 is 4.42 Å². The van der Waals surface area contributed by atoms with Crippen LogP contribution in [0.5, 0.6) is 0 Å². The zero-order chi connectivity index (χ0) is 13.0. The van der Waals surface area contributed by atoms with Gasteiger partial charge in [0.2, 0.25) is 0 Å². The second kappa shape index (κ2) is 5.87. The van der Waals surface area contributed by atoms with Gasteiger partial charge in [-0.1, -0.05) is 6.92 Å². The van der Waals surface area contributed by atoms with Crippen LogP contribution in [-0.4, -0.2) is 15.6 Å². The molecule has 0 saturated heterocycles. The summed E-state index contributed by atoms with van der Waals surface area (Å²) in [6, 6.07) is 2.54. The van der Waals surface area contributed by atoms with Crippen LogP contribution < -0.4 is 5.32 Å². The predicted octanol–water partition coefficient (Wildman–Crippen LogP) is 2.66. The number of hydrogen-bond donors (Lipinski definition) is 1. The fourth-order valence-electron chi connectivity index (χ4n) is 1.97. The lowest BCUT2D eigenvalue weighted by Gasteiger charge is -2.16. The summed E-state index contributed by atoms with van der Waals surface area (Å²) in [7, 11) is 0. The number of furan rings is 1. The third-order valence-electron chi connectivity index (χ3n) is 3.27. The summed E-state index contributed by atoms with van der Waals surface area (Å²) in [6.07, 6.45) is 6.74. The van der Waals surface area contributed by atoms with E-state index in [4.69, 9.17) is 4.42 Å². The summed E-state index contributed by atoms with van der Waals surface area (Å²) in [4.78, 5) is 4.06. The molecule has 2 aromatic heterocycles.